The van der Waals surface area contributed by atoms with Crippen molar-refractivity contribution in [3.8, 4) is 17.0 Å². The predicted molar refractivity (Wildman–Crippen MR) is 83.4 cm³/mol. The molecular formula is C15H20N2O2S. The Morgan fingerprint density at radius 1 is 1.20 bits per heavy atom. The van der Waals surface area contributed by atoms with Gasteiger partial charge in [-0.2, -0.15) is 0 Å². The highest BCUT2D eigenvalue weighted by Gasteiger charge is 2.09. The fraction of sp³-hybridized carbons (Fsp3) is 0.400. The summed E-state index contributed by atoms with van der Waals surface area (Å²) in [5, 5.41) is 2.57. The van der Waals surface area contributed by atoms with Gasteiger partial charge < -0.3 is 15.2 Å². The number of hydrogen-bond donors (Lipinski definition) is 1. The molecule has 0 bridgehead atoms. The highest BCUT2D eigenvalue weighted by molar-refractivity contribution is 7.13. The molecule has 0 fully saturated rings. The molecule has 0 saturated carbocycles. The van der Waals surface area contributed by atoms with Crippen molar-refractivity contribution in [2.45, 2.75) is 20.3 Å². The summed E-state index contributed by atoms with van der Waals surface area (Å²) >= 11 is 1.46. The van der Waals surface area contributed by atoms with Crippen LogP contribution in [0.25, 0.3) is 11.3 Å². The third kappa shape index (κ3) is 3.49. The molecule has 0 radical (unpaired) electrons. The lowest BCUT2D eigenvalue weighted by Gasteiger charge is -2.13. The lowest BCUT2D eigenvalue weighted by molar-refractivity contribution is 0.171. The molecule has 0 aliphatic carbocycles. The van der Waals surface area contributed by atoms with E-state index < -0.39 is 0 Å². The summed E-state index contributed by atoms with van der Waals surface area (Å²) in [6.07, 6.45) is 0.889. The highest BCUT2D eigenvalue weighted by atomic mass is 32.1. The van der Waals surface area contributed by atoms with Crippen LogP contribution in [-0.2, 0) is 4.74 Å². The maximum atomic E-state index is 5.84. The minimum Gasteiger partial charge on any atom is -0.493 e. The topological polar surface area (TPSA) is 57.4 Å². The fourth-order valence-electron chi connectivity index (χ4n) is 2.12. The number of nitrogens with zero attached hydrogens (tertiary/aromatic N) is 1. The van der Waals surface area contributed by atoms with E-state index in [4.69, 9.17) is 15.2 Å². The van der Waals surface area contributed by atoms with E-state index in [9.17, 15) is 0 Å². The van der Waals surface area contributed by atoms with Gasteiger partial charge in [0.2, 0.25) is 0 Å². The quantitative estimate of drug-likeness (QED) is 0.829. The third-order valence-corrected chi connectivity index (χ3v) is 3.69. The first-order chi connectivity index (χ1) is 9.61. The molecule has 0 aliphatic heterocycles. The molecule has 20 heavy (non-hydrogen) atoms. The van der Waals surface area contributed by atoms with Gasteiger partial charge in [0, 0.05) is 31.1 Å². The van der Waals surface area contributed by atoms with Gasteiger partial charge in [-0.3, -0.25) is 0 Å². The van der Waals surface area contributed by atoms with Crippen LogP contribution in [0.2, 0.25) is 0 Å². The van der Waals surface area contributed by atoms with E-state index in [0.717, 1.165) is 34.6 Å². The second-order valence-corrected chi connectivity index (χ2v) is 5.59. The molecule has 2 aromatic rings. The van der Waals surface area contributed by atoms with E-state index in [2.05, 4.69) is 31.0 Å². The van der Waals surface area contributed by atoms with Crippen molar-refractivity contribution in [2.75, 3.05) is 26.1 Å². The van der Waals surface area contributed by atoms with E-state index in [0.29, 0.717) is 18.3 Å². The van der Waals surface area contributed by atoms with E-state index in [1.165, 1.54) is 11.3 Å². The molecule has 5 heteroatoms. The normalized spacial score (nSPS) is 10.8. The van der Waals surface area contributed by atoms with Crippen molar-refractivity contribution >= 4 is 16.5 Å². The lowest BCUT2D eigenvalue weighted by atomic mass is 10.0. The number of nitrogens with two attached hydrogens (primary N) is 1. The number of aromatic nitrogens is 1. The van der Waals surface area contributed by atoms with E-state index in [1.54, 1.807) is 7.11 Å². The molecule has 1 aromatic carbocycles. The number of nitrogen functional groups attached to an aromatic ring is 1. The number of hydrogen-bond acceptors (Lipinski definition) is 5. The van der Waals surface area contributed by atoms with Crippen molar-refractivity contribution < 1.29 is 9.47 Å². The van der Waals surface area contributed by atoms with Gasteiger partial charge in [-0.15, -0.1) is 11.3 Å². The van der Waals surface area contributed by atoms with Crippen LogP contribution in [0.5, 0.6) is 5.75 Å². The van der Waals surface area contributed by atoms with Gasteiger partial charge in [-0.1, -0.05) is 0 Å². The second-order valence-electron chi connectivity index (χ2n) is 4.70. The highest BCUT2D eigenvalue weighted by Crippen LogP contribution is 2.31. The Kier molecular flexibility index (Phi) is 4.98. The molecule has 2 N–H and O–H groups in total. The number of thiazole rings is 1. The van der Waals surface area contributed by atoms with E-state index in [-0.39, 0.29) is 0 Å². The summed E-state index contributed by atoms with van der Waals surface area (Å²) in [5.74, 6) is 0.952. The van der Waals surface area contributed by atoms with Crippen molar-refractivity contribution in [2.24, 2.45) is 0 Å². The first-order valence-electron chi connectivity index (χ1n) is 6.56. The number of ether oxygens (including phenoxy) is 2. The Labute approximate surface area is 123 Å². The number of aryl methyl sites for hydroxylation is 2. The molecule has 2 rings (SSSR count). The Hall–Kier alpha value is -1.59. The third-order valence-electron chi connectivity index (χ3n) is 3.02. The smallest absolute Gasteiger partial charge is 0.180 e. The molecular weight excluding hydrogens is 272 g/mol. The molecule has 1 aromatic heterocycles. The molecule has 0 aliphatic rings. The minimum absolute atomic E-state index is 0.593. The number of methoxy groups -OCH3 is 1. The van der Waals surface area contributed by atoms with Crippen LogP contribution in [-0.4, -0.2) is 25.3 Å². The van der Waals surface area contributed by atoms with Crippen molar-refractivity contribution in [3.63, 3.8) is 0 Å². The van der Waals surface area contributed by atoms with Crippen LogP contribution in [0.4, 0.5) is 5.13 Å². The molecule has 4 nitrogen and oxygen atoms in total. The maximum absolute atomic E-state index is 5.84. The Morgan fingerprint density at radius 3 is 2.45 bits per heavy atom. The van der Waals surface area contributed by atoms with Crippen LogP contribution in [0, 0.1) is 13.8 Å². The van der Waals surface area contributed by atoms with Crippen LogP contribution < -0.4 is 10.5 Å². The average molecular weight is 292 g/mol. The van der Waals surface area contributed by atoms with Crippen molar-refractivity contribution in [1.82, 2.24) is 4.98 Å². The van der Waals surface area contributed by atoms with Gasteiger partial charge in [0.15, 0.2) is 5.13 Å². The molecule has 0 saturated heterocycles. The number of rotatable bonds is 6. The summed E-state index contributed by atoms with van der Waals surface area (Å²) < 4.78 is 10.9. The van der Waals surface area contributed by atoms with E-state index >= 15 is 0 Å². The monoisotopic (exact) mass is 292 g/mol. The van der Waals surface area contributed by atoms with E-state index in [1.807, 2.05) is 5.38 Å². The zero-order valence-corrected chi connectivity index (χ0v) is 12.9. The Bertz CT molecular complexity index is 558. The lowest BCUT2D eigenvalue weighted by Crippen LogP contribution is -2.04. The standard InChI is InChI=1S/C15H20N2O2S/c1-10-7-12(13-9-20-15(16)17-13)8-11(2)14(10)19-6-4-5-18-3/h7-9H,4-6H2,1-3H3,(H2,16,17). The van der Waals surface area contributed by atoms with Gasteiger partial charge in [-0.25, -0.2) is 4.98 Å². The Balaban J connectivity index is 2.16. The largest absolute Gasteiger partial charge is 0.493 e. The van der Waals surface area contributed by atoms with Crippen molar-refractivity contribution in [1.29, 1.82) is 0 Å². The average Bonchev–Trinajstić information content (AvgIpc) is 2.83. The van der Waals surface area contributed by atoms with Crippen LogP contribution >= 0.6 is 11.3 Å². The molecule has 108 valence electrons. The van der Waals surface area contributed by atoms with Crippen LogP contribution in [0.3, 0.4) is 0 Å². The molecule has 0 atom stereocenters. The molecule has 0 unspecified atom stereocenters. The summed E-state index contributed by atoms with van der Waals surface area (Å²) in [7, 11) is 1.70. The van der Waals surface area contributed by atoms with Gasteiger partial charge in [0.25, 0.3) is 0 Å². The maximum Gasteiger partial charge on any atom is 0.180 e. The van der Waals surface area contributed by atoms with Gasteiger partial charge >= 0.3 is 0 Å². The molecule has 0 spiro atoms. The summed E-state index contributed by atoms with van der Waals surface area (Å²) in [6.45, 7) is 5.49. The second kappa shape index (κ2) is 6.72. The molecule has 0 amide bonds. The first kappa shape index (κ1) is 14.8. The Morgan fingerprint density at radius 2 is 1.90 bits per heavy atom. The number of anilines is 1. The summed E-state index contributed by atoms with van der Waals surface area (Å²) in [6, 6.07) is 4.18. The SMILES string of the molecule is COCCCOc1c(C)cc(-c2csc(N)n2)cc1C. The van der Waals surface area contributed by atoms with Crippen LogP contribution in [0.1, 0.15) is 17.5 Å². The predicted octanol–water partition coefficient (Wildman–Crippen LogP) is 3.42. The van der Waals surface area contributed by atoms with Crippen LogP contribution in [0.15, 0.2) is 17.5 Å². The minimum atomic E-state index is 0.593. The van der Waals surface area contributed by atoms with Gasteiger partial charge in [0.1, 0.15) is 5.75 Å². The zero-order valence-electron chi connectivity index (χ0n) is 12.1. The number of benzene rings is 1. The summed E-state index contributed by atoms with van der Waals surface area (Å²) in [4.78, 5) is 4.32. The molecule has 1 heterocycles. The van der Waals surface area contributed by atoms with Gasteiger partial charge in [0.05, 0.1) is 12.3 Å². The summed E-state index contributed by atoms with van der Waals surface area (Å²) in [5.41, 5.74) is 9.92. The van der Waals surface area contributed by atoms with Crippen molar-refractivity contribution in [3.05, 3.63) is 28.6 Å². The van der Waals surface area contributed by atoms with Gasteiger partial charge in [-0.05, 0) is 37.1 Å². The zero-order chi connectivity index (χ0) is 14.5. The first-order valence-corrected chi connectivity index (χ1v) is 7.44. The fourth-order valence-corrected chi connectivity index (χ4v) is 2.70.